The van der Waals surface area contributed by atoms with E-state index in [1.54, 1.807) is 41.0 Å². The van der Waals surface area contributed by atoms with Gasteiger partial charge in [-0.25, -0.2) is 4.98 Å². The van der Waals surface area contributed by atoms with Crippen LogP contribution in [0.15, 0.2) is 76.7 Å². The van der Waals surface area contributed by atoms with Crippen LogP contribution in [-0.2, 0) is 4.79 Å². The Kier molecular flexibility index (Phi) is 6.11. The van der Waals surface area contributed by atoms with Gasteiger partial charge >= 0.3 is 0 Å². The van der Waals surface area contributed by atoms with Crippen molar-refractivity contribution >= 4 is 45.9 Å². The maximum atomic E-state index is 13.4. The summed E-state index contributed by atoms with van der Waals surface area (Å²) >= 11 is 7.21. The van der Waals surface area contributed by atoms with Crippen LogP contribution in [0.2, 0.25) is 5.02 Å². The summed E-state index contributed by atoms with van der Waals surface area (Å²) in [5, 5.41) is 4.38. The number of para-hydroxylation sites is 1. The Labute approximate surface area is 189 Å². The Morgan fingerprint density at radius 1 is 1.06 bits per heavy atom. The van der Waals surface area contributed by atoms with Gasteiger partial charge in [-0.2, -0.15) is 0 Å². The molecule has 0 aliphatic heterocycles. The highest BCUT2D eigenvalue weighted by Gasteiger charge is 2.16. The van der Waals surface area contributed by atoms with E-state index in [9.17, 15) is 9.59 Å². The summed E-state index contributed by atoms with van der Waals surface area (Å²) in [4.78, 5) is 30.6. The highest BCUT2D eigenvalue weighted by molar-refractivity contribution is 7.99. The standard InChI is InChI=1S/C24H20ClN3O2S/c1-15-10-11-21(16(2)12-15)28-23(30)19-8-3-4-9-20(19)27-24(28)31-14-22(29)26-18-7-5-6-17(25)13-18/h3-13H,14H2,1-2H3,(H,26,29). The maximum Gasteiger partial charge on any atom is 0.266 e. The average Bonchev–Trinajstić information content (AvgIpc) is 2.73. The van der Waals surface area contributed by atoms with Crippen molar-refractivity contribution in [1.29, 1.82) is 0 Å². The van der Waals surface area contributed by atoms with Crippen molar-refractivity contribution in [3.05, 3.63) is 93.2 Å². The number of nitrogens with one attached hydrogen (secondary N) is 1. The van der Waals surface area contributed by atoms with E-state index in [0.29, 0.717) is 26.8 Å². The summed E-state index contributed by atoms with van der Waals surface area (Å²) < 4.78 is 1.59. The van der Waals surface area contributed by atoms with E-state index in [1.165, 1.54) is 11.8 Å². The molecule has 0 aliphatic rings. The molecule has 0 radical (unpaired) electrons. The molecule has 7 heteroatoms. The van der Waals surface area contributed by atoms with Crippen LogP contribution in [0.4, 0.5) is 5.69 Å². The average molecular weight is 450 g/mol. The molecule has 0 atom stereocenters. The fraction of sp³-hybridized carbons (Fsp3) is 0.125. The van der Waals surface area contributed by atoms with Crippen LogP contribution < -0.4 is 10.9 Å². The van der Waals surface area contributed by atoms with Crippen molar-refractivity contribution in [2.75, 3.05) is 11.1 Å². The predicted octanol–water partition coefficient (Wildman–Crippen LogP) is 5.39. The molecule has 1 N–H and O–H groups in total. The first-order chi connectivity index (χ1) is 14.9. The van der Waals surface area contributed by atoms with Crippen LogP contribution in [0.5, 0.6) is 0 Å². The van der Waals surface area contributed by atoms with Crippen LogP contribution in [-0.4, -0.2) is 21.2 Å². The first-order valence-electron chi connectivity index (χ1n) is 9.70. The van der Waals surface area contributed by atoms with Gasteiger partial charge in [0, 0.05) is 10.7 Å². The number of hydrogen-bond donors (Lipinski definition) is 1. The highest BCUT2D eigenvalue weighted by atomic mass is 35.5. The zero-order valence-corrected chi connectivity index (χ0v) is 18.6. The molecule has 156 valence electrons. The van der Waals surface area contributed by atoms with Crippen molar-refractivity contribution < 1.29 is 4.79 Å². The van der Waals surface area contributed by atoms with Gasteiger partial charge in [0.05, 0.1) is 22.3 Å². The quantitative estimate of drug-likeness (QED) is 0.328. The van der Waals surface area contributed by atoms with E-state index in [0.717, 1.165) is 16.8 Å². The lowest BCUT2D eigenvalue weighted by atomic mass is 10.1. The number of fused-ring (bicyclic) bond motifs is 1. The molecule has 0 saturated carbocycles. The number of thioether (sulfide) groups is 1. The van der Waals surface area contributed by atoms with Gasteiger partial charge < -0.3 is 5.32 Å². The smallest absolute Gasteiger partial charge is 0.266 e. The third-order valence-electron chi connectivity index (χ3n) is 4.78. The van der Waals surface area contributed by atoms with E-state index < -0.39 is 0 Å². The molecule has 0 bridgehead atoms. The van der Waals surface area contributed by atoms with Crippen LogP contribution >= 0.6 is 23.4 Å². The zero-order valence-electron chi connectivity index (χ0n) is 17.1. The second-order valence-corrected chi connectivity index (χ2v) is 8.57. The molecular formula is C24H20ClN3O2S. The molecule has 5 nitrogen and oxygen atoms in total. The topological polar surface area (TPSA) is 64.0 Å². The van der Waals surface area contributed by atoms with Gasteiger partial charge in [0.1, 0.15) is 0 Å². The van der Waals surface area contributed by atoms with Gasteiger partial charge in [0.2, 0.25) is 5.91 Å². The zero-order chi connectivity index (χ0) is 22.0. The van der Waals surface area contributed by atoms with Gasteiger partial charge in [-0.3, -0.25) is 14.2 Å². The second kappa shape index (κ2) is 8.96. The Hall–Kier alpha value is -3.09. The molecule has 0 fully saturated rings. The minimum Gasteiger partial charge on any atom is -0.325 e. The summed E-state index contributed by atoms with van der Waals surface area (Å²) in [6.45, 7) is 3.97. The van der Waals surface area contributed by atoms with Crippen molar-refractivity contribution in [3.63, 3.8) is 0 Å². The first kappa shape index (κ1) is 21.2. The monoisotopic (exact) mass is 449 g/mol. The SMILES string of the molecule is Cc1ccc(-n2c(SCC(=O)Nc3cccc(Cl)c3)nc3ccccc3c2=O)c(C)c1. The third kappa shape index (κ3) is 4.65. The number of carbonyl (C=O) groups is 1. The lowest BCUT2D eigenvalue weighted by molar-refractivity contribution is -0.113. The Morgan fingerprint density at radius 3 is 2.65 bits per heavy atom. The fourth-order valence-corrected chi connectivity index (χ4v) is 4.37. The number of anilines is 1. The largest absolute Gasteiger partial charge is 0.325 e. The fourth-order valence-electron chi connectivity index (χ4n) is 3.37. The summed E-state index contributed by atoms with van der Waals surface area (Å²) in [6.07, 6.45) is 0. The lowest BCUT2D eigenvalue weighted by Crippen LogP contribution is -2.23. The molecule has 1 aromatic heterocycles. The summed E-state index contributed by atoms with van der Waals surface area (Å²) in [6, 6.07) is 20.1. The number of hydrogen-bond acceptors (Lipinski definition) is 4. The molecule has 31 heavy (non-hydrogen) atoms. The van der Waals surface area contributed by atoms with E-state index in [2.05, 4.69) is 5.32 Å². The lowest BCUT2D eigenvalue weighted by Gasteiger charge is -2.15. The van der Waals surface area contributed by atoms with Gasteiger partial charge in [0.15, 0.2) is 5.16 Å². The molecule has 0 aliphatic carbocycles. The molecule has 1 heterocycles. The van der Waals surface area contributed by atoms with Crippen molar-refractivity contribution in [2.24, 2.45) is 0 Å². The summed E-state index contributed by atoms with van der Waals surface area (Å²) in [5.74, 6) is -0.107. The number of aryl methyl sites for hydroxylation is 2. The van der Waals surface area contributed by atoms with Crippen molar-refractivity contribution in [3.8, 4) is 5.69 Å². The number of nitrogens with zero attached hydrogens (tertiary/aromatic N) is 2. The molecule has 4 aromatic rings. The normalized spacial score (nSPS) is 10.9. The number of aromatic nitrogens is 2. The second-order valence-electron chi connectivity index (χ2n) is 7.19. The minimum atomic E-state index is -0.207. The molecule has 3 aromatic carbocycles. The number of carbonyl (C=O) groups excluding carboxylic acids is 1. The Bertz CT molecular complexity index is 1350. The maximum absolute atomic E-state index is 13.4. The minimum absolute atomic E-state index is 0.0994. The van der Waals surface area contributed by atoms with E-state index >= 15 is 0 Å². The number of benzene rings is 3. The Morgan fingerprint density at radius 2 is 1.87 bits per heavy atom. The molecule has 0 spiro atoms. The van der Waals surface area contributed by atoms with Crippen molar-refractivity contribution in [2.45, 2.75) is 19.0 Å². The molecule has 0 saturated heterocycles. The summed E-state index contributed by atoms with van der Waals surface area (Å²) in [5.41, 5.74) is 3.90. The van der Waals surface area contributed by atoms with Crippen LogP contribution in [0.3, 0.4) is 0 Å². The molecule has 4 rings (SSSR count). The number of rotatable bonds is 5. The van der Waals surface area contributed by atoms with E-state index in [-0.39, 0.29) is 17.2 Å². The Balaban J connectivity index is 1.70. The van der Waals surface area contributed by atoms with Crippen molar-refractivity contribution in [1.82, 2.24) is 9.55 Å². The third-order valence-corrected chi connectivity index (χ3v) is 5.95. The van der Waals surface area contributed by atoms with Gasteiger partial charge in [-0.05, 0) is 55.8 Å². The highest BCUT2D eigenvalue weighted by Crippen LogP contribution is 2.24. The van der Waals surface area contributed by atoms with E-state index in [4.69, 9.17) is 16.6 Å². The summed E-state index contributed by atoms with van der Waals surface area (Å²) in [7, 11) is 0. The number of amides is 1. The van der Waals surface area contributed by atoms with Crippen LogP contribution in [0.25, 0.3) is 16.6 Å². The van der Waals surface area contributed by atoms with Crippen LogP contribution in [0, 0.1) is 13.8 Å². The number of halogens is 1. The first-order valence-corrected chi connectivity index (χ1v) is 11.1. The van der Waals surface area contributed by atoms with Gasteiger partial charge in [-0.1, -0.05) is 59.3 Å². The molecule has 0 unspecified atom stereocenters. The molecule has 1 amide bonds. The molecular weight excluding hydrogens is 430 g/mol. The van der Waals surface area contributed by atoms with Crippen LogP contribution in [0.1, 0.15) is 11.1 Å². The predicted molar refractivity (Wildman–Crippen MR) is 128 cm³/mol. The van der Waals surface area contributed by atoms with E-state index in [1.807, 2.05) is 44.2 Å². The van der Waals surface area contributed by atoms with Gasteiger partial charge in [-0.15, -0.1) is 0 Å². The van der Waals surface area contributed by atoms with Gasteiger partial charge in [0.25, 0.3) is 5.56 Å².